The zero-order valence-electron chi connectivity index (χ0n) is 10.8. The van der Waals surface area contributed by atoms with Crippen LogP contribution in [0.2, 0.25) is 0 Å². The maximum atomic E-state index is 3.70. The van der Waals surface area contributed by atoms with Crippen molar-refractivity contribution in [3.05, 3.63) is 0 Å². The Hall–Kier alpha value is -0.0800. The highest BCUT2D eigenvalue weighted by Gasteiger charge is 2.17. The first kappa shape index (κ1) is 13.0. The van der Waals surface area contributed by atoms with Gasteiger partial charge in [0.2, 0.25) is 0 Å². The van der Waals surface area contributed by atoms with Gasteiger partial charge in [0.25, 0.3) is 0 Å². The van der Waals surface area contributed by atoms with E-state index in [4.69, 9.17) is 0 Å². The molecule has 1 atom stereocenters. The van der Waals surface area contributed by atoms with Gasteiger partial charge in [-0.25, -0.2) is 0 Å². The van der Waals surface area contributed by atoms with Crippen LogP contribution < -0.4 is 5.32 Å². The second-order valence-corrected chi connectivity index (χ2v) is 5.07. The van der Waals surface area contributed by atoms with Crippen molar-refractivity contribution >= 4 is 0 Å². The van der Waals surface area contributed by atoms with Gasteiger partial charge in [-0.1, -0.05) is 13.3 Å². The van der Waals surface area contributed by atoms with Crippen LogP contribution in [0.5, 0.6) is 0 Å². The van der Waals surface area contributed by atoms with E-state index in [2.05, 4.69) is 31.0 Å². The Morgan fingerprint density at radius 1 is 1.27 bits per heavy atom. The summed E-state index contributed by atoms with van der Waals surface area (Å²) in [5.74, 6) is 0. The molecule has 2 nitrogen and oxygen atoms in total. The molecule has 1 saturated heterocycles. The summed E-state index contributed by atoms with van der Waals surface area (Å²) in [4.78, 5) is 2.61. The number of unbranched alkanes of at least 4 members (excludes halogenated alkanes) is 1. The molecule has 1 unspecified atom stereocenters. The molecule has 15 heavy (non-hydrogen) atoms. The van der Waals surface area contributed by atoms with E-state index < -0.39 is 0 Å². The summed E-state index contributed by atoms with van der Waals surface area (Å²) >= 11 is 0. The Labute approximate surface area is 95.4 Å². The molecule has 0 amide bonds. The lowest BCUT2D eigenvalue weighted by Crippen LogP contribution is -2.34. The van der Waals surface area contributed by atoms with Crippen LogP contribution in [0.3, 0.4) is 0 Å². The van der Waals surface area contributed by atoms with E-state index in [-0.39, 0.29) is 0 Å². The molecule has 1 aliphatic heterocycles. The fourth-order valence-electron chi connectivity index (χ4n) is 2.32. The third kappa shape index (κ3) is 4.98. The number of likely N-dealkylation sites (tertiary alicyclic amines) is 1. The second-order valence-electron chi connectivity index (χ2n) is 5.07. The Morgan fingerprint density at radius 2 is 2.07 bits per heavy atom. The van der Waals surface area contributed by atoms with Gasteiger partial charge >= 0.3 is 0 Å². The van der Waals surface area contributed by atoms with Crippen molar-refractivity contribution in [1.82, 2.24) is 10.2 Å². The summed E-state index contributed by atoms with van der Waals surface area (Å²) in [5.41, 5.74) is 0. The molecular formula is C13H28N2. The largest absolute Gasteiger partial charge is 0.314 e. The van der Waals surface area contributed by atoms with Crippen molar-refractivity contribution < 1.29 is 0 Å². The molecule has 0 aromatic rings. The van der Waals surface area contributed by atoms with Crippen molar-refractivity contribution in [2.24, 2.45) is 0 Å². The van der Waals surface area contributed by atoms with E-state index in [1.54, 1.807) is 0 Å². The minimum absolute atomic E-state index is 0.722. The Morgan fingerprint density at radius 3 is 2.73 bits per heavy atom. The fourth-order valence-corrected chi connectivity index (χ4v) is 2.32. The van der Waals surface area contributed by atoms with Crippen LogP contribution in [0.1, 0.15) is 52.9 Å². The van der Waals surface area contributed by atoms with Crippen LogP contribution in [0.25, 0.3) is 0 Å². The van der Waals surface area contributed by atoms with Gasteiger partial charge in [0.1, 0.15) is 0 Å². The molecular weight excluding hydrogens is 184 g/mol. The molecule has 0 aliphatic carbocycles. The van der Waals surface area contributed by atoms with Gasteiger partial charge in [-0.15, -0.1) is 0 Å². The standard InChI is InChI=1S/C13H28N2/c1-4-5-9-14-13-7-6-10-15(11-8-13)12(2)3/h12-14H,4-11H2,1-3H3. The smallest absolute Gasteiger partial charge is 0.00797 e. The molecule has 0 saturated carbocycles. The normalized spacial score (nSPS) is 24.4. The van der Waals surface area contributed by atoms with E-state index in [1.165, 1.54) is 51.7 Å². The number of nitrogens with one attached hydrogen (secondary N) is 1. The van der Waals surface area contributed by atoms with Crippen molar-refractivity contribution in [3.8, 4) is 0 Å². The average molecular weight is 212 g/mol. The maximum absolute atomic E-state index is 3.70. The third-order valence-electron chi connectivity index (χ3n) is 3.46. The zero-order chi connectivity index (χ0) is 11.1. The molecule has 1 N–H and O–H groups in total. The fraction of sp³-hybridized carbons (Fsp3) is 1.00. The highest BCUT2D eigenvalue weighted by atomic mass is 15.1. The monoisotopic (exact) mass is 212 g/mol. The summed E-state index contributed by atoms with van der Waals surface area (Å²) in [5, 5.41) is 3.70. The average Bonchev–Trinajstić information content (AvgIpc) is 2.44. The van der Waals surface area contributed by atoms with Crippen molar-refractivity contribution in [1.29, 1.82) is 0 Å². The molecule has 1 aliphatic rings. The lowest BCUT2D eigenvalue weighted by molar-refractivity contribution is 0.229. The molecule has 0 spiro atoms. The lowest BCUT2D eigenvalue weighted by Gasteiger charge is -2.24. The molecule has 1 heterocycles. The van der Waals surface area contributed by atoms with E-state index in [1.807, 2.05) is 0 Å². The maximum Gasteiger partial charge on any atom is 0.00797 e. The van der Waals surface area contributed by atoms with Crippen LogP contribution in [-0.4, -0.2) is 36.6 Å². The molecule has 1 rings (SSSR count). The topological polar surface area (TPSA) is 15.3 Å². The van der Waals surface area contributed by atoms with Crippen LogP contribution >= 0.6 is 0 Å². The van der Waals surface area contributed by atoms with E-state index >= 15 is 0 Å². The Balaban J connectivity index is 2.20. The van der Waals surface area contributed by atoms with Crippen molar-refractivity contribution in [3.63, 3.8) is 0 Å². The molecule has 0 aromatic carbocycles. The molecule has 0 bridgehead atoms. The summed E-state index contributed by atoms with van der Waals surface area (Å²) in [7, 11) is 0. The number of rotatable bonds is 5. The summed E-state index contributed by atoms with van der Waals surface area (Å²) in [6.07, 6.45) is 6.69. The number of hydrogen-bond donors (Lipinski definition) is 1. The van der Waals surface area contributed by atoms with Crippen LogP contribution in [0.4, 0.5) is 0 Å². The predicted molar refractivity (Wildman–Crippen MR) is 67.3 cm³/mol. The van der Waals surface area contributed by atoms with Gasteiger partial charge < -0.3 is 10.2 Å². The van der Waals surface area contributed by atoms with E-state index in [0.717, 1.165) is 12.1 Å². The molecule has 2 heteroatoms. The number of hydrogen-bond acceptors (Lipinski definition) is 2. The molecule has 90 valence electrons. The first-order valence-corrected chi connectivity index (χ1v) is 6.71. The van der Waals surface area contributed by atoms with Gasteiger partial charge in [-0.2, -0.15) is 0 Å². The molecule has 0 aromatic heterocycles. The Kier molecular flexibility index (Phi) is 6.26. The molecule has 1 fully saturated rings. The van der Waals surface area contributed by atoms with Gasteiger partial charge in [-0.05, 0) is 59.2 Å². The predicted octanol–water partition coefficient (Wildman–Crippen LogP) is 2.64. The van der Waals surface area contributed by atoms with E-state index in [9.17, 15) is 0 Å². The summed E-state index contributed by atoms with van der Waals surface area (Å²) < 4.78 is 0. The highest BCUT2D eigenvalue weighted by Crippen LogP contribution is 2.13. The minimum Gasteiger partial charge on any atom is -0.314 e. The van der Waals surface area contributed by atoms with Crippen molar-refractivity contribution in [2.75, 3.05) is 19.6 Å². The quantitative estimate of drug-likeness (QED) is 0.705. The van der Waals surface area contributed by atoms with Crippen molar-refractivity contribution in [2.45, 2.75) is 65.0 Å². The highest BCUT2D eigenvalue weighted by molar-refractivity contribution is 4.76. The van der Waals surface area contributed by atoms with E-state index in [0.29, 0.717) is 0 Å². The van der Waals surface area contributed by atoms with Crippen LogP contribution in [0, 0.1) is 0 Å². The Bertz CT molecular complexity index is 157. The van der Waals surface area contributed by atoms with Crippen LogP contribution in [0.15, 0.2) is 0 Å². The zero-order valence-corrected chi connectivity index (χ0v) is 10.8. The second kappa shape index (κ2) is 7.24. The SMILES string of the molecule is CCCCNC1CCCN(C(C)C)CC1. The van der Waals surface area contributed by atoms with Gasteiger partial charge in [0.15, 0.2) is 0 Å². The summed E-state index contributed by atoms with van der Waals surface area (Å²) in [6, 6.07) is 1.50. The minimum atomic E-state index is 0.722. The number of nitrogens with zero attached hydrogens (tertiary/aromatic N) is 1. The lowest BCUT2D eigenvalue weighted by atomic mass is 10.1. The van der Waals surface area contributed by atoms with Gasteiger partial charge in [0, 0.05) is 12.1 Å². The van der Waals surface area contributed by atoms with Gasteiger partial charge in [0.05, 0.1) is 0 Å². The van der Waals surface area contributed by atoms with Gasteiger partial charge in [-0.3, -0.25) is 0 Å². The van der Waals surface area contributed by atoms with Crippen LogP contribution in [-0.2, 0) is 0 Å². The first-order valence-electron chi connectivity index (χ1n) is 6.71. The summed E-state index contributed by atoms with van der Waals surface area (Å²) in [6.45, 7) is 10.7. The third-order valence-corrected chi connectivity index (χ3v) is 3.46. The molecule has 0 radical (unpaired) electrons. The first-order chi connectivity index (χ1) is 7.24.